The number of carbonyl (C=O) groups is 1. The van der Waals surface area contributed by atoms with Crippen molar-refractivity contribution >= 4 is 27.6 Å². The lowest BCUT2D eigenvalue weighted by Gasteiger charge is -2.24. The van der Waals surface area contributed by atoms with Crippen LogP contribution in [0.5, 0.6) is 11.5 Å². The Balaban J connectivity index is 0.000000847. The maximum absolute atomic E-state index is 11.8. The molecule has 0 bridgehead atoms. The lowest BCUT2D eigenvalue weighted by molar-refractivity contribution is -0.157. The molecule has 0 fully saturated rings. The first-order valence-electron chi connectivity index (χ1n) is 6.84. The summed E-state index contributed by atoms with van der Waals surface area (Å²) < 4.78 is 15.9. The van der Waals surface area contributed by atoms with E-state index < -0.39 is 12.1 Å². The average Bonchev–Trinajstić information content (AvgIpc) is 3.01. The Labute approximate surface area is 137 Å². The second-order valence-corrected chi connectivity index (χ2v) is 4.53. The third-order valence-electron chi connectivity index (χ3n) is 3.38. The van der Waals surface area contributed by atoms with Gasteiger partial charge < -0.3 is 19.0 Å². The van der Waals surface area contributed by atoms with Crippen LogP contribution < -0.4 is 9.47 Å². The Bertz CT molecular complexity index is 575. The van der Waals surface area contributed by atoms with Crippen molar-refractivity contribution in [3.8, 4) is 11.5 Å². The number of ether oxygens (including phenoxy) is 3. The Hall–Kier alpha value is -1.76. The first-order chi connectivity index (χ1) is 10.7. The van der Waals surface area contributed by atoms with Crippen LogP contribution in [0.4, 0.5) is 0 Å². The summed E-state index contributed by atoms with van der Waals surface area (Å²) in [5.74, 6) is 2.58. The monoisotopic (exact) mass is 371 g/mol. The normalized spacial score (nSPS) is 21.0. The fourth-order valence-corrected chi connectivity index (χ4v) is 2.39. The molecule has 2 aliphatic heterocycles. The van der Waals surface area contributed by atoms with Crippen LogP contribution in [-0.4, -0.2) is 43.9 Å². The maximum atomic E-state index is 11.8. The van der Waals surface area contributed by atoms with Crippen molar-refractivity contribution < 1.29 is 23.8 Å². The van der Waals surface area contributed by atoms with E-state index in [0.29, 0.717) is 30.4 Å². The summed E-state index contributed by atoms with van der Waals surface area (Å²) in [7, 11) is 1.59. The summed E-state index contributed by atoms with van der Waals surface area (Å²) in [5.41, 5.74) is 1.51. The Morgan fingerprint density at radius 3 is 2.91 bits per heavy atom. The molecule has 6 nitrogen and oxygen atoms in total. The molecule has 0 radical (unpaired) electrons. The lowest BCUT2D eigenvalue weighted by atomic mass is 9.90. The molecule has 0 amide bonds. The van der Waals surface area contributed by atoms with Gasteiger partial charge in [-0.25, -0.2) is 4.79 Å². The molecule has 2 aliphatic rings. The minimum atomic E-state index is -0.732. The molecule has 7 heteroatoms. The standard InChI is InChI=1S/C14H15NO5.CH3Br/c1-3-18-14(16)13-10-7-19-11-5-4-8(17-2)6-9(11)12(10)15-20-13;1-2/h4-6,10,13H,3,7H2,1-2H3;1H3. The van der Waals surface area contributed by atoms with Gasteiger partial charge in [-0.3, -0.25) is 0 Å². The van der Waals surface area contributed by atoms with E-state index in [2.05, 4.69) is 21.1 Å². The zero-order valence-corrected chi connectivity index (χ0v) is 14.3. The van der Waals surface area contributed by atoms with Gasteiger partial charge in [0.05, 0.1) is 19.6 Å². The largest absolute Gasteiger partial charge is 0.497 e. The summed E-state index contributed by atoms with van der Waals surface area (Å²) >= 11 is 2.94. The first-order valence-corrected chi connectivity index (χ1v) is 8.42. The van der Waals surface area contributed by atoms with Crippen LogP contribution in [0.25, 0.3) is 0 Å². The van der Waals surface area contributed by atoms with Crippen LogP contribution >= 0.6 is 15.9 Å². The number of hydrogen-bond donors (Lipinski definition) is 0. The van der Waals surface area contributed by atoms with Crippen molar-refractivity contribution in [2.45, 2.75) is 13.0 Å². The molecule has 22 heavy (non-hydrogen) atoms. The van der Waals surface area contributed by atoms with E-state index in [0.717, 1.165) is 5.56 Å². The van der Waals surface area contributed by atoms with E-state index in [1.807, 2.05) is 24.0 Å². The predicted molar refractivity (Wildman–Crippen MR) is 84.9 cm³/mol. The number of halogens is 1. The van der Waals surface area contributed by atoms with Gasteiger partial charge in [0.2, 0.25) is 6.10 Å². The molecule has 3 rings (SSSR count). The highest BCUT2D eigenvalue weighted by Gasteiger charge is 2.44. The molecular weight excluding hydrogens is 354 g/mol. The van der Waals surface area contributed by atoms with E-state index in [-0.39, 0.29) is 5.92 Å². The van der Waals surface area contributed by atoms with Gasteiger partial charge in [0.1, 0.15) is 23.8 Å². The zero-order valence-electron chi connectivity index (χ0n) is 12.7. The summed E-state index contributed by atoms with van der Waals surface area (Å²) in [4.78, 5) is 17.1. The summed E-state index contributed by atoms with van der Waals surface area (Å²) in [6.45, 7) is 2.42. The molecule has 120 valence electrons. The van der Waals surface area contributed by atoms with Gasteiger partial charge in [-0.1, -0.05) is 21.1 Å². The molecule has 0 saturated heterocycles. The molecular formula is C15H18BrNO5. The van der Waals surface area contributed by atoms with Crippen LogP contribution in [0.15, 0.2) is 23.4 Å². The number of esters is 1. The second kappa shape index (κ2) is 7.49. The smallest absolute Gasteiger partial charge is 0.351 e. The van der Waals surface area contributed by atoms with Crippen molar-refractivity contribution in [3.63, 3.8) is 0 Å². The Morgan fingerprint density at radius 2 is 2.23 bits per heavy atom. The Morgan fingerprint density at radius 1 is 1.45 bits per heavy atom. The number of fused-ring (bicyclic) bond motifs is 3. The molecule has 0 spiro atoms. The van der Waals surface area contributed by atoms with Crippen LogP contribution in [0, 0.1) is 5.92 Å². The number of oxime groups is 1. The quantitative estimate of drug-likeness (QED) is 0.602. The minimum absolute atomic E-state index is 0.242. The number of rotatable bonds is 3. The summed E-state index contributed by atoms with van der Waals surface area (Å²) in [6.07, 6.45) is -0.732. The van der Waals surface area contributed by atoms with Crippen molar-refractivity contribution in [1.82, 2.24) is 0 Å². The second-order valence-electron chi connectivity index (χ2n) is 4.53. The molecule has 1 aromatic carbocycles. The lowest BCUT2D eigenvalue weighted by Crippen LogP contribution is -2.39. The number of methoxy groups -OCH3 is 1. The summed E-state index contributed by atoms with van der Waals surface area (Å²) in [5, 5.41) is 4.04. The highest BCUT2D eigenvalue weighted by Crippen LogP contribution is 2.36. The van der Waals surface area contributed by atoms with Gasteiger partial charge >= 0.3 is 5.97 Å². The zero-order chi connectivity index (χ0) is 16.1. The van der Waals surface area contributed by atoms with Gasteiger partial charge in [0, 0.05) is 5.56 Å². The molecule has 2 unspecified atom stereocenters. The maximum Gasteiger partial charge on any atom is 0.351 e. The highest BCUT2D eigenvalue weighted by atomic mass is 79.9. The van der Waals surface area contributed by atoms with Gasteiger partial charge in [-0.2, -0.15) is 0 Å². The molecule has 0 N–H and O–H groups in total. The molecule has 2 atom stereocenters. The molecule has 1 aromatic rings. The fourth-order valence-electron chi connectivity index (χ4n) is 2.39. The third kappa shape index (κ3) is 3.04. The third-order valence-corrected chi connectivity index (χ3v) is 3.38. The molecule has 0 saturated carbocycles. The van der Waals surface area contributed by atoms with E-state index >= 15 is 0 Å². The van der Waals surface area contributed by atoms with Crippen molar-refractivity contribution in [2.75, 3.05) is 26.2 Å². The van der Waals surface area contributed by atoms with Gasteiger partial charge in [-0.15, -0.1) is 0 Å². The number of carbonyl (C=O) groups excluding carboxylic acids is 1. The minimum Gasteiger partial charge on any atom is -0.497 e. The molecule has 2 heterocycles. The SMILES string of the molecule is CBr.CCOC(=O)C1ON=C2c3cc(OC)ccc3OCC21. The van der Waals surface area contributed by atoms with Crippen LogP contribution in [0.3, 0.4) is 0 Å². The van der Waals surface area contributed by atoms with Crippen LogP contribution in [0.2, 0.25) is 0 Å². The van der Waals surface area contributed by atoms with Crippen molar-refractivity contribution in [2.24, 2.45) is 11.1 Å². The summed E-state index contributed by atoms with van der Waals surface area (Å²) in [6, 6.07) is 5.47. The van der Waals surface area contributed by atoms with E-state index in [4.69, 9.17) is 19.0 Å². The first kappa shape index (κ1) is 16.6. The Kier molecular flexibility index (Phi) is 5.65. The molecule has 0 aromatic heterocycles. The topological polar surface area (TPSA) is 66.4 Å². The predicted octanol–water partition coefficient (Wildman–Crippen LogP) is 2.38. The van der Waals surface area contributed by atoms with E-state index in [1.54, 1.807) is 14.0 Å². The van der Waals surface area contributed by atoms with E-state index in [9.17, 15) is 4.79 Å². The number of alkyl halides is 1. The van der Waals surface area contributed by atoms with Crippen LogP contribution in [-0.2, 0) is 14.4 Å². The van der Waals surface area contributed by atoms with Gasteiger partial charge in [0.15, 0.2) is 0 Å². The number of benzene rings is 1. The van der Waals surface area contributed by atoms with Crippen molar-refractivity contribution in [1.29, 1.82) is 0 Å². The fraction of sp³-hybridized carbons (Fsp3) is 0.467. The van der Waals surface area contributed by atoms with E-state index in [1.165, 1.54) is 0 Å². The number of hydrogen-bond acceptors (Lipinski definition) is 6. The van der Waals surface area contributed by atoms with Gasteiger partial charge in [0.25, 0.3) is 0 Å². The molecule has 0 aliphatic carbocycles. The van der Waals surface area contributed by atoms with Crippen LogP contribution in [0.1, 0.15) is 12.5 Å². The number of nitrogens with zero attached hydrogens (tertiary/aromatic N) is 1. The highest BCUT2D eigenvalue weighted by molar-refractivity contribution is 9.08. The average molecular weight is 372 g/mol. The van der Waals surface area contributed by atoms with Gasteiger partial charge in [-0.05, 0) is 31.0 Å². The van der Waals surface area contributed by atoms with Crippen molar-refractivity contribution in [3.05, 3.63) is 23.8 Å².